The molecule has 4 aliphatic rings. The SMILES string of the molecule is C[C@@]12C=CCN(Cc3ccccc3)C(=O)[C@@H]1[C@H]1C(=O)N(CCCCO)C3C(=O)N(c4ccc5ccccc5c4)CC=C[C@@]31O2. The molecule has 0 bridgehead atoms. The van der Waals surface area contributed by atoms with E-state index in [1.165, 1.54) is 0 Å². The number of ether oxygens (including phenoxy) is 1. The molecule has 0 aliphatic carbocycles. The number of unbranched alkanes of at least 4 members (excludes halogenated alkanes) is 1. The minimum Gasteiger partial charge on any atom is -0.396 e. The number of aliphatic hydroxyl groups excluding tert-OH is 1. The molecule has 4 heterocycles. The van der Waals surface area contributed by atoms with Gasteiger partial charge >= 0.3 is 0 Å². The van der Waals surface area contributed by atoms with Gasteiger partial charge in [-0.05, 0) is 48.2 Å². The van der Waals surface area contributed by atoms with Gasteiger partial charge in [-0.2, -0.15) is 0 Å². The van der Waals surface area contributed by atoms with Crippen molar-refractivity contribution in [2.24, 2.45) is 11.8 Å². The molecule has 0 aromatic heterocycles. The van der Waals surface area contributed by atoms with Crippen molar-refractivity contribution in [2.45, 2.75) is 43.6 Å². The summed E-state index contributed by atoms with van der Waals surface area (Å²) in [5, 5.41) is 11.6. The zero-order valence-corrected chi connectivity index (χ0v) is 24.8. The number of anilines is 1. The quantitative estimate of drug-likeness (QED) is 0.330. The normalized spacial score (nSPS) is 29.5. The molecule has 1 N–H and O–H groups in total. The van der Waals surface area contributed by atoms with Crippen LogP contribution in [-0.4, -0.2) is 76.1 Å². The van der Waals surface area contributed by atoms with Crippen LogP contribution in [0.3, 0.4) is 0 Å². The molecule has 8 nitrogen and oxygen atoms in total. The Hall–Kier alpha value is -4.27. The molecule has 226 valence electrons. The number of hydrogen-bond donors (Lipinski definition) is 1. The summed E-state index contributed by atoms with van der Waals surface area (Å²) in [4.78, 5) is 48.8. The second-order valence-electron chi connectivity index (χ2n) is 12.4. The van der Waals surface area contributed by atoms with E-state index in [9.17, 15) is 19.5 Å². The van der Waals surface area contributed by atoms with Crippen molar-refractivity contribution in [3.8, 4) is 0 Å². The zero-order chi connectivity index (χ0) is 30.5. The van der Waals surface area contributed by atoms with Crippen molar-refractivity contribution in [1.82, 2.24) is 9.80 Å². The van der Waals surface area contributed by atoms with E-state index >= 15 is 0 Å². The molecule has 0 radical (unpaired) electrons. The van der Waals surface area contributed by atoms with E-state index in [-0.39, 0.29) is 30.9 Å². The van der Waals surface area contributed by atoms with Crippen LogP contribution in [0.1, 0.15) is 25.3 Å². The number of carbonyl (C=O) groups excluding carboxylic acids is 3. The van der Waals surface area contributed by atoms with Gasteiger partial charge in [-0.25, -0.2) is 0 Å². The first-order valence-corrected chi connectivity index (χ1v) is 15.5. The molecule has 5 atom stereocenters. The summed E-state index contributed by atoms with van der Waals surface area (Å²) in [6.45, 7) is 3.29. The number of amides is 3. The maximum absolute atomic E-state index is 14.7. The molecule has 0 saturated carbocycles. The minimum absolute atomic E-state index is 0.00669. The van der Waals surface area contributed by atoms with Crippen molar-refractivity contribution in [3.05, 3.63) is 103 Å². The first-order chi connectivity index (χ1) is 21.4. The van der Waals surface area contributed by atoms with Gasteiger partial charge in [0.2, 0.25) is 11.8 Å². The lowest BCUT2D eigenvalue weighted by Crippen LogP contribution is -2.56. The van der Waals surface area contributed by atoms with Crippen molar-refractivity contribution in [3.63, 3.8) is 0 Å². The summed E-state index contributed by atoms with van der Waals surface area (Å²) in [6.07, 6.45) is 8.69. The van der Waals surface area contributed by atoms with E-state index in [2.05, 4.69) is 0 Å². The minimum atomic E-state index is -1.31. The average molecular weight is 592 g/mol. The largest absolute Gasteiger partial charge is 0.396 e. The van der Waals surface area contributed by atoms with Gasteiger partial charge in [-0.1, -0.05) is 85.0 Å². The van der Waals surface area contributed by atoms with Gasteiger partial charge in [-0.3, -0.25) is 14.4 Å². The lowest BCUT2D eigenvalue weighted by Gasteiger charge is -2.37. The summed E-state index contributed by atoms with van der Waals surface area (Å²) >= 11 is 0. The Morgan fingerprint density at radius 3 is 2.36 bits per heavy atom. The molecular formula is C36H37N3O5. The highest BCUT2D eigenvalue weighted by Gasteiger charge is 2.74. The number of aliphatic hydroxyl groups is 1. The van der Waals surface area contributed by atoms with Crippen LogP contribution in [0.5, 0.6) is 0 Å². The molecule has 2 saturated heterocycles. The first-order valence-electron chi connectivity index (χ1n) is 15.5. The highest BCUT2D eigenvalue weighted by atomic mass is 16.5. The monoisotopic (exact) mass is 591 g/mol. The van der Waals surface area contributed by atoms with Crippen LogP contribution in [0.4, 0.5) is 5.69 Å². The van der Waals surface area contributed by atoms with Gasteiger partial charge in [0, 0.05) is 38.5 Å². The maximum Gasteiger partial charge on any atom is 0.253 e. The van der Waals surface area contributed by atoms with E-state index in [1.54, 1.807) is 14.7 Å². The van der Waals surface area contributed by atoms with Crippen molar-refractivity contribution in [2.75, 3.05) is 31.1 Å². The predicted molar refractivity (Wildman–Crippen MR) is 167 cm³/mol. The van der Waals surface area contributed by atoms with Gasteiger partial charge in [0.25, 0.3) is 5.91 Å². The lowest BCUT2D eigenvalue weighted by molar-refractivity contribution is -0.148. The van der Waals surface area contributed by atoms with Crippen LogP contribution in [0.2, 0.25) is 0 Å². The fraction of sp³-hybridized carbons (Fsp3) is 0.361. The molecule has 3 amide bonds. The highest BCUT2D eigenvalue weighted by Crippen LogP contribution is 2.57. The lowest BCUT2D eigenvalue weighted by atomic mass is 9.74. The van der Waals surface area contributed by atoms with Crippen LogP contribution < -0.4 is 4.90 Å². The number of benzene rings is 3. The Morgan fingerprint density at radius 1 is 0.818 bits per heavy atom. The standard InChI is InChI=1S/C36H37N3O5/c1-35-17-9-19-37(24-25-11-3-2-4-12-25)32(41)29(35)30-33(42)39(20-7-8-22-40)31-34(43)38(21-10-18-36(30,31)44-35)28-16-15-26-13-5-6-14-27(26)23-28/h2-6,9-18,23,29-31,40H,7-8,19-22,24H2,1H3/t29-,30-,31?,35+,36-/m0/s1. The van der Waals surface area contributed by atoms with Gasteiger partial charge in [0.15, 0.2) is 0 Å². The van der Waals surface area contributed by atoms with E-state index in [4.69, 9.17) is 4.74 Å². The Bertz CT molecular complexity index is 1670. The van der Waals surface area contributed by atoms with E-state index in [0.717, 1.165) is 22.0 Å². The van der Waals surface area contributed by atoms with Crippen molar-refractivity contribution < 1.29 is 24.2 Å². The first kappa shape index (κ1) is 28.5. The molecular weight excluding hydrogens is 554 g/mol. The highest BCUT2D eigenvalue weighted by molar-refractivity contribution is 6.06. The van der Waals surface area contributed by atoms with Crippen LogP contribution in [-0.2, 0) is 25.7 Å². The van der Waals surface area contributed by atoms with E-state index < -0.39 is 29.1 Å². The van der Waals surface area contributed by atoms with Crippen molar-refractivity contribution in [1.29, 1.82) is 0 Å². The summed E-state index contributed by atoms with van der Waals surface area (Å²) < 4.78 is 6.95. The Labute approximate surface area is 257 Å². The molecule has 1 spiro atoms. The smallest absolute Gasteiger partial charge is 0.253 e. The summed E-state index contributed by atoms with van der Waals surface area (Å²) in [5.74, 6) is -2.29. The summed E-state index contributed by atoms with van der Waals surface area (Å²) in [6, 6.07) is 22.8. The van der Waals surface area contributed by atoms with Gasteiger partial charge in [0.1, 0.15) is 11.6 Å². The third kappa shape index (κ3) is 4.47. The van der Waals surface area contributed by atoms with Gasteiger partial charge in [-0.15, -0.1) is 0 Å². The number of carbonyl (C=O) groups is 3. The maximum atomic E-state index is 14.7. The number of nitrogens with zero attached hydrogens (tertiary/aromatic N) is 3. The molecule has 8 heteroatoms. The van der Waals surface area contributed by atoms with E-state index in [0.29, 0.717) is 32.5 Å². The number of likely N-dealkylation sites (tertiary alicyclic amines) is 1. The summed E-state index contributed by atoms with van der Waals surface area (Å²) in [5.41, 5.74) is -0.636. The third-order valence-electron chi connectivity index (χ3n) is 9.71. The second kappa shape index (κ2) is 11.0. The van der Waals surface area contributed by atoms with Gasteiger partial charge in [0.05, 0.1) is 17.4 Å². The molecule has 7 rings (SSSR count). The Balaban J connectivity index is 1.29. The zero-order valence-electron chi connectivity index (χ0n) is 24.8. The third-order valence-corrected chi connectivity index (χ3v) is 9.71. The van der Waals surface area contributed by atoms with E-state index in [1.807, 2.05) is 104 Å². The van der Waals surface area contributed by atoms with Crippen molar-refractivity contribution >= 4 is 34.2 Å². The summed E-state index contributed by atoms with van der Waals surface area (Å²) in [7, 11) is 0. The molecule has 2 fully saturated rings. The molecule has 4 aliphatic heterocycles. The van der Waals surface area contributed by atoms with Crippen LogP contribution >= 0.6 is 0 Å². The number of fused-ring (bicyclic) bond motifs is 3. The molecule has 44 heavy (non-hydrogen) atoms. The number of rotatable bonds is 7. The Kier molecular flexibility index (Phi) is 7.14. The topological polar surface area (TPSA) is 90.4 Å². The predicted octanol–water partition coefficient (Wildman–Crippen LogP) is 4.08. The van der Waals surface area contributed by atoms with Crippen LogP contribution in [0.15, 0.2) is 97.1 Å². The number of hydrogen-bond acceptors (Lipinski definition) is 5. The molecule has 1 unspecified atom stereocenters. The Morgan fingerprint density at radius 2 is 1.57 bits per heavy atom. The molecule has 3 aromatic rings. The fourth-order valence-corrected chi connectivity index (χ4v) is 7.73. The fourth-order valence-electron chi connectivity index (χ4n) is 7.73. The van der Waals surface area contributed by atoms with Crippen LogP contribution in [0, 0.1) is 11.8 Å². The second-order valence-corrected chi connectivity index (χ2v) is 12.4. The average Bonchev–Trinajstić information content (AvgIpc) is 3.30. The van der Waals surface area contributed by atoms with Gasteiger partial charge < -0.3 is 24.5 Å². The molecule has 3 aromatic carbocycles. The van der Waals surface area contributed by atoms with Crippen LogP contribution in [0.25, 0.3) is 10.8 Å².